The van der Waals surface area contributed by atoms with Crippen LogP contribution >= 0.6 is 0 Å². The number of nitrogens with one attached hydrogen (secondary N) is 2. The highest BCUT2D eigenvalue weighted by molar-refractivity contribution is 5.87. The number of carbonyl (C=O) groups is 4. The molecule has 0 saturated carbocycles. The average Bonchev–Trinajstić information content (AvgIpc) is 3.03. The van der Waals surface area contributed by atoms with Gasteiger partial charge in [0, 0.05) is 12.8 Å². The first-order chi connectivity index (χ1) is 22.3. The fourth-order valence-corrected chi connectivity index (χ4v) is 4.85. The molecule has 0 fully saturated rings. The lowest BCUT2D eigenvalue weighted by Crippen LogP contribution is -2.47. The van der Waals surface area contributed by atoms with Gasteiger partial charge >= 0.3 is 11.9 Å². The molecule has 0 bridgehead atoms. The molecule has 9 nitrogen and oxygen atoms in total. The fourth-order valence-electron chi connectivity index (χ4n) is 4.85. The maximum atomic E-state index is 12.5. The van der Waals surface area contributed by atoms with Gasteiger partial charge in [-0.05, 0) is 50.7 Å². The Morgan fingerprint density at radius 3 is 1.83 bits per heavy atom. The zero-order chi connectivity index (χ0) is 34.1. The van der Waals surface area contributed by atoms with Gasteiger partial charge in [-0.15, -0.1) is 0 Å². The number of unbranched alkanes of at least 4 members (excludes halogenated alkanes) is 15. The van der Waals surface area contributed by atoms with E-state index in [0.717, 1.165) is 44.9 Å². The van der Waals surface area contributed by atoms with Crippen molar-refractivity contribution in [2.75, 3.05) is 13.2 Å². The topological polar surface area (TPSA) is 142 Å². The SMILES string of the molecule is CC/C=C\C/C=C\C(/C=C\CCCCCC(=O)NCC(=O)NC(CO)C(=O)O)OC(=O)CCCCCCCCCCCCCCC. The van der Waals surface area contributed by atoms with Crippen LogP contribution in [0.25, 0.3) is 0 Å². The summed E-state index contributed by atoms with van der Waals surface area (Å²) in [6.07, 6.45) is 33.8. The normalized spacial score (nSPS) is 12.9. The number of ether oxygens (including phenoxy) is 1. The average molecular weight is 649 g/mol. The second-order valence-electron chi connectivity index (χ2n) is 11.9. The minimum Gasteiger partial charge on any atom is -0.480 e. The van der Waals surface area contributed by atoms with Gasteiger partial charge in [-0.25, -0.2) is 4.79 Å². The largest absolute Gasteiger partial charge is 0.480 e. The highest BCUT2D eigenvalue weighted by atomic mass is 16.5. The number of rotatable bonds is 31. The number of esters is 1. The molecule has 2 amide bonds. The Bertz CT molecular complexity index is 885. The number of aliphatic hydroxyl groups is 1. The van der Waals surface area contributed by atoms with E-state index in [9.17, 15) is 19.2 Å². The molecule has 0 spiro atoms. The number of carboxylic acids is 1. The molecular weight excluding hydrogens is 584 g/mol. The van der Waals surface area contributed by atoms with Crippen LogP contribution in [0, 0.1) is 0 Å². The molecule has 0 aromatic rings. The van der Waals surface area contributed by atoms with Gasteiger partial charge in [-0.1, -0.05) is 122 Å². The highest BCUT2D eigenvalue weighted by Crippen LogP contribution is 2.14. The van der Waals surface area contributed by atoms with E-state index in [1.165, 1.54) is 70.6 Å². The third kappa shape index (κ3) is 28.5. The van der Waals surface area contributed by atoms with Crippen LogP contribution in [0.2, 0.25) is 0 Å². The summed E-state index contributed by atoms with van der Waals surface area (Å²) in [4.78, 5) is 47.0. The molecule has 2 unspecified atom stereocenters. The van der Waals surface area contributed by atoms with E-state index in [1.54, 1.807) is 0 Å². The van der Waals surface area contributed by atoms with Crippen molar-refractivity contribution in [3.63, 3.8) is 0 Å². The Morgan fingerprint density at radius 1 is 0.674 bits per heavy atom. The lowest BCUT2D eigenvalue weighted by Gasteiger charge is -2.12. The second-order valence-corrected chi connectivity index (χ2v) is 11.9. The van der Waals surface area contributed by atoms with Gasteiger partial charge in [0.1, 0.15) is 12.1 Å². The summed E-state index contributed by atoms with van der Waals surface area (Å²) < 4.78 is 5.75. The van der Waals surface area contributed by atoms with Crippen LogP contribution in [-0.2, 0) is 23.9 Å². The monoisotopic (exact) mass is 648 g/mol. The minimum absolute atomic E-state index is 0.166. The highest BCUT2D eigenvalue weighted by Gasteiger charge is 2.18. The molecule has 2 atom stereocenters. The third-order valence-corrected chi connectivity index (χ3v) is 7.61. The van der Waals surface area contributed by atoms with Crippen molar-refractivity contribution in [3.05, 3.63) is 36.5 Å². The van der Waals surface area contributed by atoms with Gasteiger partial charge < -0.3 is 25.6 Å². The van der Waals surface area contributed by atoms with E-state index >= 15 is 0 Å². The molecule has 0 aliphatic heterocycles. The number of aliphatic carboxylic acids is 1. The summed E-state index contributed by atoms with van der Waals surface area (Å²) in [5.74, 6) is -2.47. The Kier molecular flexibility index (Phi) is 30.0. The molecule has 0 heterocycles. The van der Waals surface area contributed by atoms with Crippen molar-refractivity contribution < 1.29 is 34.1 Å². The van der Waals surface area contributed by atoms with Crippen LogP contribution in [0.5, 0.6) is 0 Å². The lowest BCUT2D eigenvalue weighted by molar-refractivity contribution is -0.145. The smallest absolute Gasteiger partial charge is 0.328 e. The van der Waals surface area contributed by atoms with Crippen LogP contribution in [0.1, 0.15) is 149 Å². The summed E-state index contributed by atoms with van der Waals surface area (Å²) in [5.41, 5.74) is 0. The van der Waals surface area contributed by atoms with Crippen LogP contribution < -0.4 is 10.6 Å². The molecule has 46 heavy (non-hydrogen) atoms. The predicted molar refractivity (Wildman–Crippen MR) is 185 cm³/mol. The lowest BCUT2D eigenvalue weighted by atomic mass is 10.0. The summed E-state index contributed by atoms with van der Waals surface area (Å²) in [7, 11) is 0. The molecule has 264 valence electrons. The molecule has 0 radical (unpaired) electrons. The number of amides is 2. The number of allylic oxidation sites excluding steroid dienone is 4. The number of hydrogen-bond acceptors (Lipinski definition) is 6. The molecule has 4 N–H and O–H groups in total. The van der Waals surface area contributed by atoms with Crippen molar-refractivity contribution in [2.45, 2.75) is 161 Å². The van der Waals surface area contributed by atoms with Crippen molar-refractivity contribution in [3.8, 4) is 0 Å². The number of carbonyl (C=O) groups excluding carboxylic acids is 3. The summed E-state index contributed by atoms with van der Waals surface area (Å²) in [5, 5.41) is 22.4. The quantitative estimate of drug-likeness (QED) is 0.0347. The maximum absolute atomic E-state index is 12.5. The molecule has 0 aliphatic carbocycles. The standard InChI is InChI=1S/C37H64N2O7/c1-3-5-7-9-10-11-12-13-14-15-16-21-25-29-36(43)46-32(26-22-18-8-6-4-2)27-23-19-17-20-24-28-34(41)38-30-35(42)39-33(31-40)37(44)45/h6,8,22-23,26-27,32-33,40H,3-5,7,9-21,24-25,28-31H2,1-2H3,(H,38,41)(H,39,42)(H,44,45)/b8-6-,26-22-,27-23-. The first-order valence-corrected chi connectivity index (χ1v) is 17.9. The summed E-state index contributed by atoms with van der Waals surface area (Å²) in [6.45, 7) is 3.28. The maximum Gasteiger partial charge on any atom is 0.328 e. The van der Waals surface area contributed by atoms with Gasteiger partial charge in [-0.2, -0.15) is 0 Å². The Hall–Kier alpha value is -2.94. The fraction of sp³-hybridized carbons (Fsp3) is 0.730. The van der Waals surface area contributed by atoms with Gasteiger partial charge in [0.25, 0.3) is 0 Å². The molecular formula is C37H64N2O7. The van der Waals surface area contributed by atoms with Crippen LogP contribution in [-0.4, -0.2) is 59.3 Å². The molecule has 0 aliphatic rings. The molecule has 0 rings (SSSR count). The van der Waals surface area contributed by atoms with E-state index < -0.39 is 30.6 Å². The predicted octanol–water partition coefficient (Wildman–Crippen LogP) is 7.48. The zero-order valence-electron chi connectivity index (χ0n) is 28.8. The Morgan fingerprint density at radius 2 is 1.24 bits per heavy atom. The van der Waals surface area contributed by atoms with Gasteiger partial charge in [-0.3, -0.25) is 14.4 Å². The summed E-state index contributed by atoms with van der Waals surface area (Å²) >= 11 is 0. The third-order valence-electron chi connectivity index (χ3n) is 7.61. The second kappa shape index (κ2) is 32.0. The number of aliphatic hydroxyl groups excluding tert-OH is 1. The first-order valence-electron chi connectivity index (χ1n) is 17.9. The minimum atomic E-state index is -1.39. The van der Waals surface area contributed by atoms with Crippen molar-refractivity contribution in [1.29, 1.82) is 0 Å². The number of carboxylic acid groups (broad SMARTS) is 1. The molecule has 0 aromatic heterocycles. The van der Waals surface area contributed by atoms with Crippen LogP contribution in [0.4, 0.5) is 0 Å². The Labute approximate surface area is 278 Å². The van der Waals surface area contributed by atoms with Crippen LogP contribution in [0.15, 0.2) is 36.5 Å². The van der Waals surface area contributed by atoms with E-state index in [-0.39, 0.29) is 24.8 Å². The molecule has 0 saturated heterocycles. The van der Waals surface area contributed by atoms with Gasteiger partial charge in [0.05, 0.1) is 13.2 Å². The van der Waals surface area contributed by atoms with Crippen molar-refractivity contribution in [2.24, 2.45) is 0 Å². The number of hydrogen-bond donors (Lipinski definition) is 4. The van der Waals surface area contributed by atoms with Crippen LogP contribution in [0.3, 0.4) is 0 Å². The van der Waals surface area contributed by atoms with Crippen molar-refractivity contribution >= 4 is 23.8 Å². The Balaban J connectivity index is 4.23. The molecule has 9 heteroatoms. The van der Waals surface area contributed by atoms with Gasteiger partial charge in [0.15, 0.2) is 0 Å². The van der Waals surface area contributed by atoms with Crippen molar-refractivity contribution in [1.82, 2.24) is 10.6 Å². The van der Waals surface area contributed by atoms with E-state index in [0.29, 0.717) is 12.8 Å². The van der Waals surface area contributed by atoms with E-state index in [4.69, 9.17) is 14.9 Å². The van der Waals surface area contributed by atoms with E-state index in [2.05, 4.69) is 36.6 Å². The van der Waals surface area contributed by atoms with Gasteiger partial charge in [0.2, 0.25) is 11.8 Å². The first kappa shape index (κ1) is 43.1. The zero-order valence-corrected chi connectivity index (χ0v) is 28.8. The molecule has 0 aromatic carbocycles. The summed E-state index contributed by atoms with van der Waals surface area (Å²) in [6, 6.07) is -1.39. The van der Waals surface area contributed by atoms with E-state index in [1.807, 2.05) is 24.3 Å².